The lowest BCUT2D eigenvalue weighted by Gasteiger charge is -2.12. The van der Waals surface area contributed by atoms with E-state index >= 15 is 0 Å². The molecule has 0 aliphatic rings. The third-order valence-corrected chi connectivity index (χ3v) is 7.00. The Morgan fingerprint density at radius 3 is 2.50 bits per heavy atom. The van der Waals surface area contributed by atoms with Gasteiger partial charge in [-0.3, -0.25) is 4.79 Å². The number of anilines is 1. The van der Waals surface area contributed by atoms with E-state index in [1.165, 1.54) is 35.2 Å². The summed E-state index contributed by atoms with van der Waals surface area (Å²) in [6.07, 6.45) is 3.54. The summed E-state index contributed by atoms with van der Waals surface area (Å²) in [6.45, 7) is 6.20. The van der Waals surface area contributed by atoms with Crippen molar-refractivity contribution in [3.8, 4) is 0 Å². The molecule has 0 fully saturated rings. The van der Waals surface area contributed by atoms with Crippen molar-refractivity contribution in [1.29, 1.82) is 0 Å². The summed E-state index contributed by atoms with van der Waals surface area (Å²) in [4.78, 5) is 20.8. The maximum Gasteiger partial charge on any atom is 0.238 e. The molecule has 0 spiro atoms. The van der Waals surface area contributed by atoms with E-state index in [1.54, 1.807) is 24.5 Å². The number of primary sulfonamides is 1. The number of nitrogens with one attached hydrogen (secondary N) is 1. The first-order valence-corrected chi connectivity index (χ1v) is 12.3. The van der Waals surface area contributed by atoms with Gasteiger partial charge in [0.25, 0.3) is 0 Å². The van der Waals surface area contributed by atoms with E-state index in [4.69, 9.17) is 9.56 Å². The summed E-state index contributed by atoms with van der Waals surface area (Å²) < 4.78 is 29.3. The van der Waals surface area contributed by atoms with Crippen molar-refractivity contribution < 1.29 is 17.6 Å². The van der Waals surface area contributed by atoms with Gasteiger partial charge in [-0.15, -0.1) is 11.8 Å². The van der Waals surface area contributed by atoms with Crippen LogP contribution in [0, 0.1) is 0 Å². The minimum absolute atomic E-state index is 0.00826. The molecule has 0 unspecified atom stereocenters. The Kier molecular flexibility index (Phi) is 6.65. The van der Waals surface area contributed by atoms with Crippen molar-refractivity contribution in [2.45, 2.75) is 47.5 Å². The number of thioether (sulfide) groups is 1. The van der Waals surface area contributed by atoms with Crippen LogP contribution in [0.4, 0.5) is 5.13 Å². The normalized spacial score (nSPS) is 12.1. The first kappa shape index (κ1) is 22.5. The van der Waals surface area contributed by atoms with Gasteiger partial charge in [0.05, 0.1) is 33.7 Å². The van der Waals surface area contributed by atoms with Crippen LogP contribution >= 0.6 is 23.1 Å². The highest BCUT2D eigenvalue weighted by Crippen LogP contribution is 2.31. The lowest BCUT2D eigenvalue weighted by atomic mass is 9.94. The first-order valence-electron chi connectivity index (χ1n) is 8.96. The van der Waals surface area contributed by atoms with Crippen LogP contribution < -0.4 is 10.5 Å². The van der Waals surface area contributed by atoms with Gasteiger partial charge in [0.2, 0.25) is 21.8 Å². The lowest BCUT2D eigenvalue weighted by Crippen LogP contribution is -2.15. The Morgan fingerprint density at radius 1 is 1.20 bits per heavy atom. The van der Waals surface area contributed by atoms with Gasteiger partial charge < -0.3 is 9.73 Å². The van der Waals surface area contributed by atoms with E-state index in [-0.39, 0.29) is 22.6 Å². The molecule has 0 saturated carbocycles. The first-order chi connectivity index (χ1) is 14.0. The molecule has 160 valence electrons. The van der Waals surface area contributed by atoms with Gasteiger partial charge >= 0.3 is 0 Å². The van der Waals surface area contributed by atoms with Gasteiger partial charge in [-0.2, -0.15) is 0 Å². The van der Waals surface area contributed by atoms with Crippen molar-refractivity contribution in [3.63, 3.8) is 0 Å². The van der Waals surface area contributed by atoms with Gasteiger partial charge in [-0.1, -0.05) is 44.2 Å². The molecule has 3 aromatic rings. The molecule has 2 aromatic heterocycles. The topological polar surface area (TPSA) is 128 Å². The minimum atomic E-state index is -3.75. The Labute approximate surface area is 183 Å². The fourth-order valence-corrected chi connectivity index (χ4v) is 4.64. The molecule has 3 rings (SSSR count). The monoisotopic (exact) mass is 466 g/mol. The van der Waals surface area contributed by atoms with E-state index in [9.17, 15) is 13.2 Å². The van der Waals surface area contributed by atoms with Gasteiger partial charge in [-0.05, 0) is 17.7 Å². The molecule has 8 nitrogen and oxygen atoms in total. The Bertz CT molecular complexity index is 1130. The number of benzene rings is 1. The van der Waals surface area contributed by atoms with Gasteiger partial charge in [0.1, 0.15) is 5.76 Å². The fraction of sp³-hybridized carbons (Fsp3) is 0.316. The molecule has 0 bridgehead atoms. The third-order valence-electron chi connectivity index (χ3n) is 3.98. The molecule has 2 heterocycles. The maximum atomic E-state index is 12.2. The summed E-state index contributed by atoms with van der Waals surface area (Å²) in [5.41, 5.74) is 0.584. The smallest absolute Gasteiger partial charge is 0.238 e. The molecule has 11 heteroatoms. The molecule has 0 radical (unpaired) electrons. The molecule has 3 N–H and O–H groups in total. The number of hydrogen-bond donors (Lipinski definition) is 2. The summed E-state index contributed by atoms with van der Waals surface area (Å²) in [5.74, 6) is 1.81. The van der Waals surface area contributed by atoms with Crippen LogP contribution in [0.5, 0.6) is 0 Å². The Hall–Kier alpha value is -2.21. The number of hydrogen-bond acceptors (Lipinski definition) is 8. The Balaban J connectivity index is 1.52. The Morgan fingerprint density at radius 2 is 1.90 bits per heavy atom. The van der Waals surface area contributed by atoms with Gasteiger partial charge in [-0.25, -0.2) is 23.5 Å². The van der Waals surface area contributed by atoms with Crippen LogP contribution in [0.2, 0.25) is 0 Å². The fourth-order valence-electron chi connectivity index (χ4n) is 2.39. The minimum Gasteiger partial charge on any atom is -0.444 e. The summed E-state index contributed by atoms with van der Waals surface area (Å²) in [6, 6.07) is 5.88. The van der Waals surface area contributed by atoms with E-state index in [1.807, 2.05) is 0 Å². The zero-order chi connectivity index (χ0) is 21.9. The number of nitrogens with zero attached hydrogens (tertiary/aromatic N) is 2. The zero-order valence-electron chi connectivity index (χ0n) is 16.7. The van der Waals surface area contributed by atoms with E-state index < -0.39 is 10.0 Å². The summed E-state index contributed by atoms with van der Waals surface area (Å²) >= 11 is 2.90. The van der Waals surface area contributed by atoms with Crippen molar-refractivity contribution in [2.75, 3.05) is 5.32 Å². The number of sulfonamides is 1. The number of aromatic nitrogens is 2. The predicted octanol–water partition coefficient (Wildman–Crippen LogP) is 3.55. The predicted molar refractivity (Wildman–Crippen MR) is 117 cm³/mol. The van der Waals surface area contributed by atoms with Crippen LogP contribution in [0.15, 0.2) is 50.2 Å². The number of amides is 1. The molecule has 30 heavy (non-hydrogen) atoms. The van der Waals surface area contributed by atoms with E-state index in [0.29, 0.717) is 22.3 Å². The van der Waals surface area contributed by atoms with Gasteiger partial charge in [0.15, 0.2) is 5.13 Å². The van der Waals surface area contributed by atoms with E-state index in [0.717, 1.165) is 9.97 Å². The highest BCUT2D eigenvalue weighted by atomic mass is 32.2. The van der Waals surface area contributed by atoms with Crippen LogP contribution in [-0.2, 0) is 32.4 Å². The van der Waals surface area contributed by atoms with Crippen LogP contribution in [0.3, 0.4) is 0 Å². The molecular weight excluding hydrogens is 444 g/mol. The molecule has 0 atom stereocenters. The SMILES string of the molecule is CC(C)(C)c1cnc(CSc2cnc(NC(=O)Cc3ccc(S(N)(=O)=O)cc3)s2)o1. The van der Waals surface area contributed by atoms with Crippen LogP contribution in [0.1, 0.15) is 38.0 Å². The molecular formula is C19H22N4O4S3. The summed E-state index contributed by atoms with van der Waals surface area (Å²) in [7, 11) is -3.75. The zero-order valence-corrected chi connectivity index (χ0v) is 19.2. The number of nitrogens with two attached hydrogens (primary N) is 1. The second-order valence-electron chi connectivity index (χ2n) is 7.56. The molecule has 0 aliphatic carbocycles. The largest absolute Gasteiger partial charge is 0.444 e. The number of carbonyl (C=O) groups is 1. The maximum absolute atomic E-state index is 12.2. The lowest BCUT2D eigenvalue weighted by molar-refractivity contribution is -0.115. The second kappa shape index (κ2) is 8.88. The van der Waals surface area contributed by atoms with Crippen molar-refractivity contribution in [3.05, 3.63) is 53.9 Å². The average molecular weight is 467 g/mol. The molecule has 1 amide bonds. The van der Waals surface area contributed by atoms with Crippen molar-refractivity contribution in [1.82, 2.24) is 9.97 Å². The van der Waals surface area contributed by atoms with Crippen molar-refractivity contribution in [2.24, 2.45) is 5.14 Å². The number of oxazole rings is 1. The van der Waals surface area contributed by atoms with Crippen LogP contribution in [0.25, 0.3) is 0 Å². The highest BCUT2D eigenvalue weighted by Gasteiger charge is 2.19. The second-order valence-corrected chi connectivity index (χ2v) is 11.4. The number of carbonyl (C=O) groups excluding carboxylic acids is 1. The molecule has 1 aromatic carbocycles. The quantitative estimate of drug-likeness (QED) is 0.510. The molecule has 0 aliphatic heterocycles. The van der Waals surface area contributed by atoms with Gasteiger partial charge in [0, 0.05) is 5.41 Å². The van der Waals surface area contributed by atoms with Crippen LogP contribution in [-0.4, -0.2) is 24.3 Å². The standard InChI is InChI=1S/C19H22N4O4S3/c1-19(2,3)14-9-21-16(27-14)11-28-17-10-22-18(29-17)23-15(24)8-12-4-6-13(7-5-12)30(20,25)26/h4-7,9-10H,8,11H2,1-3H3,(H2,20,25,26)(H,22,23,24). The number of thiazole rings is 1. The molecule has 0 saturated heterocycles. The van der Waals surface area contributed by atoms with Crippen molar-refractivity contribution >= 4 is 44.2 Å². The third kappa shape index (κ3) is 6.14. The number of rotatable bonds is 7. The highest BCUT2D eigenvalue weighted by molar-refractivity contribution is 8.00. The van der Waals surface area contributed by atoms with E-state index in [2.05, 4.69) is 36.1 Å². The average Bonchev–Trinajstić information content (AvgIpc) is 3.28. The summed E-state index contributed by atoms with van der Waals surface area (Å²) in [5, 5.41) is 8.31.